The fourth-order valence-corrected chi connectivity index (χ4v) is 8.68. The summed E-state index contributed by atoms with van der Waals surface area (Å²) < 4.78 is 49.3. The molecule has 1 aliphatic rings. The number of phosphoric ester groups is 2. The highest BCUT2D eigenvalue weighted by atomic mass is 31.2. The first-order chi connectivity index (χ1) is 31.1. The van der Waals surface area contributed by atoms with Crippen LogP contribution >= 0.6 is 15.6 Å². The zero-order chi connectivity index (χ0) is 48.2. The van der Waals surface area contributed by atoms with E-state index in [9.17, 15) is 53.8 Å². The van der Waals surface area contributed by atoms with Crippen LogP contribution in [0.4, 0.5) is 0 Å². The summed E-state index contributed by atoms with van der Waals surface area (Å²) in [5.74, 6) is -1.27. The fraction of sp³-hybridized carbons (Fsp3) is 0.787. The molecule has 0 aliphatic heterocycles. The number of phosphoric acid groups is 2. The van der Waals surface area contributed by atoms with Crippen LogP contribution in [0, 0.1) is 0 Å². The van der Waals surface area contributed by atoms with Gasteiger partial charge >= 0.3 is 27.6 Å². The first kappa shape index (κ1) is 70.1. The zero-order valence-electron chi connectivity index (χ0n) is 41.3. The van der Waals surface area contributed by atoms with Gasteiger partial charge in [0.2, 0.25) is 0 Å². The van der Waals surface area contributed by atoms with Crippen LogP contribution in [0.3, 0.4) is 0 Å². The summed E-state index contributed by atoms with van der Waals surface area (Å²) >= 11 is 0. The number of carbonyl (C=O) groups is 2. The molecule has 1 saturated carbocycles. The molecule has 21 heteroatoms. The first-order valence-corrected chi connectivity index (χ1v) is 27.2. The number of carbonyl (C=O) groups excluding carboxylic acids is 2. The zero-order valence-corrected chi connectivity index (χ0v) is 43.1. The van der Waals surface area contributed by atoms with Crippen molar-refractivity contribution in [3.63, 3.8) is 0 Å². The molecule has 1 aliphatic carbocycles. The van der Waals surface area contributed by atoms with Crippen LogP contribution in [0.15, 0.2) is 48.6 Å². The summed E-state index contributed by atoms with van der Waals surface area (Å²) in [4.78, 5) is 54.3. The van der Waals surface area contributed by atoms with Gasteiger partial charge in [-0.05, 0) is 51.4 Å². The van der Waals surface area contributed by atoms with Gasteiger partial charge in [0.1, 0.15) is 43.2 Å². The van der Waals surface area contributed by atoms with Crippen molar-refractivity contribution < 1.29 is 76.9 Å². The molecule has 0 aromatic rings. The number of unbranched alkanes of at least 4 members (excludes halogenated alkanes) is 18. The molecule has 0 amide bonds. The summed E-state index contributed by atoms with van der Waals surface area (Å²) in [5, 5.41) is 41.2. The Kier molecular flexibility index (Phi) is 45.0. The predicted octanol–water partition coefficient (Wildman–Crippen LogP) is 9.77. The maximum absolute atomic E-state index is 13.0. The Morgan fingerprint density at radius 2 is 0.882 bits per heavy atom. The van der Waals surface area contributed by atoms with Crippen LogP contribution in [0.2, 0.25) is 0 Å². The van der Waals surface area contributed by atoms with Crippen molar-refractivity contribution in [3.8, 4) is 0 Å². The van der Waals surface area contributed by atoms with E-state index in [4.69, 9.17) is 18.5 Å². The number of esters is 2. The Labute approximate surface area is 407 Å². The molecule has 8 atom stereocenters. The van der Waals surface area contributed by atoms with Crippen molar-refractivity contribution in [1.29, 1.82) is 0 Å². The third-order valence-corrected chi connectivity index (χ3v) is 12.4. The van der Waals surface area contributed by atoms with Gasteiger partial charge in [-0.25, -0.2) is 9.13 Å². The number of aliphatic hydroxyl groups is 4. The van der Waals surface area contributed by atoms with E-state index < -0.39 is 83.5 Å². The van der Waals surface area contributed by atoms with Crippen LogP contribution in [0.25, 0.3) is 0 Å². The van der Waals surface area contributed by atoms with E-state index in [2.05, 4.69) is 54.8 Å². The van der Waals surface area contributed by atoms with Gasteiger partial charge in [-0.15, -0.1) is 0 Å². The maximum Gasteiger partial charge on any atom is 0.472 e. The molecule has 0 heterocycles. The summed E-state index contributed by atoms with van der Waals surface area (Å²) in [6.45, 7) is 3.04. The highest BCUT2D eigenvalue weighted by Gasteiger charge is 2.54. The smallest absolute Gasteiger partial charge is 0.462 e. The monoisotopic (exact) mass is 1020 g/mol. The third-order valence-electron chi connectivity index (χ3n) is 10.9. The summed E-state index contributed by atoms with van der Waals surface area (Å²) in [5.41, 5.74) is 0. The van der Waals surface area contributed by atoms with Gasteiger partial charge in [-0.3, -0.25) is 23.2 Å². The molecule has 1 fully saturated rings. The van der Waals surface area contributed by atoms with Crippen molar-refractivity contribution in [2.45, 2.75) is 224 Å². The minimum absolute atomic E-state index is 0. The first-order valence-electron chi connectivity index (χ1n) is 24.2. The van der Waals surface area contributed by atoms with Gasteiger partial charge in [-0.2, -0.15) is 0 Å². The van der Waals surface area contributed by atoms with Crippen molar-refractivity contribution in [1.82, 2.24) is 18.5 Å². The quantitative estimate of drug-likeness (QED) is 0.0118. The Balaban J connectivity index is -0.0000141. The second-order valence-electron chi connectivity index (χ2n) is 16.8. The van der Waals surface area contributed by atoms with E-state index >= 15 is 0 Å². The van der Waals surface area contributed by atoms with Gasteiger partial charge in [-0.1, -0.05) is 165 Å². The lowest BCUT2D eigenvalue weighted by molar-refractivity contribution is -0.216. The molecule has 1 rings (SSSR count). The molecule has 68 heavy (non-hydrogen) atoms. The topological polar surface area (TPSA) is 361 Å². The number of aliphatic hydroxyl groups excluding tert-OH is 4. The largest absolute Gasteiger partial charge is 0.472 e. The average molecular weight is 1020 g/mol. The van der Waals surface area contributed by atoms with E-state index in [0.29, 0.717) is 19.3 Å². The minimum atomic E-state index is -5.37. The SMILES string of the molecule is CCCCC/C=C\C/C=C\C/C=C\C/C=C\CCCC(=O)O[C@@H](COC(=O)CCCCCCCCCCCCCCCCC)COP(=O)(O)O[C@H]1[C@@H](O)[C@@H](OP(=O)(O)O)[C@H](O)[C@@H](O)[C@@H]1O.N.N.N. The highest BCUT2D eigenvalue weighted by Crippen LogP contribution is 2.49. The average Bonchev–Trinajstić information content (AvgIpc) is 3.26. The van der Waals surface area contributed by atoms with Crippen molar-refractivity contribution in [2.75, 3.05) is 13.2 Å². The molecule has 0 radical (unpaired) electrons. The maximum atomic E-state index is 13.0. The molecule has 402 valence electrons. The number of hydrogen-bond acceptors (Lipinski definition) is 16. The molecule has 0 spiro atoms. The molecule has 0 aromatic heterocycles. The number of allylic oxidation sites excluding steroid dienone is 8. The third kappa shape index (κ3) is 36.7. The Morgan fingerprint density at radius 3 is 1.35 bits per heavy atom. The van der Waals surface area contributed by atoms with Crippen LogP contribution in [-0.2, 0) is 41.8 Å². The number of hydrogen-bond donors (Lipinski definition) is 10. The number of ether oxygens (including phenoxy) is 2. The lowest BCUT2D eigenvalue weighted by atomic mass is 9.85. The van der Waals surface area contributed by atoms with Gasteiger partial charge in [0.25, 0.3) is 0 Å². The van der Waals surface area contributed by atoms with Crippen molar-refractivity contribution in [3.05, 3.63) is 48.6 Å². The van der Waals surface area contributed by atoms with E-state index in [0.717, 1.165) is 51.4 Å². The van der Waals surface area contributed by atoms with Crippen LogP contribution < -0.4 is 18.5 Å². The van der Waals surface area contributed by atoms with Crippen LogP contribution in [-0.4, -0.2) is 103 Å². The van der Waals surface area contributed by atoms with Crippen LogP contribution in [0.1, 0.15) is 181 Å². The Hall–Kier alpha value is -2.16. The van der Waals surface area contributed by atoms with Crippen LogP contribution in [0.5, 0.6) is 0 Å². The lowest BCUT2D eigenvalue weighted by Crippen LogP contribution is -2.64. The normalized spacial score (nSPS) is 21.1. The van der Waals surface area contributed by atoms with Crippen molar-refractivity contribution in [2.24, 2.45) is 0 Å². The standard InChI is InChI=1S/C47H84O16P2.3H3N/c1-3-5-7-9-11-13-15-17-19-20-22-24-26-28-30-32-34-36-41(49)61-39(37-59-40(48)35-33-31-29-27-25-23-21-18-16-14-12-10-8-6-4-2)38-60-65(57,58)63-47-44(52)42(50)43(51)46(45(47)53)62-64(54,55)56;;;/h11,13,17,19,22,24,28,30,39,42-47,50-53H,3-10,12,14-16,18,20-21,23,25-27,29,31-38H2,1-2H3,(H,57,58)(H2,54,55,56);3*1H3/b13-11-,19-17-,24-22-,30-28-;;;/t39-,42+,43+,44-,45-,46-,47+;;;/m0.../s1. The van der Waals surface area contributed by atoms with E-state index in [-0.39, 0.29) is 31.3 Å². The number of rotatable bonds is 40. The van der Waals surface area contributed by atoms with E-state index in [1.807, 2.05) is 12.2 Å². The van der Waals surface area contributed by atoms with Crippen molar-refractivity contribution >= 4 is 27.6 Å². The highest BCUT2D eigenvalue weighted by molar-refractivity contribution is 7.47. The molecule has 1 unspecified atom stereocenters. The predicted molar refractivity (Wildman–Crippen MR) is 265 cm³/mol. The molecule has 16 N–H and O–H groups in total. The molecule has 19 nitrogen and oxygen atoms in total. The summed E-state index contributed by atoms with van der Waals surface area (Å²) in [7, 11) is -10.7. The van der Waals surface area contributed by atoms with E-state index in [1.165, 1.54) is 83.5 Å². The molecule has 0 aromatic carbocycles. The summed E-state index contributed by atoms with van der Waals surface area (Å²) in [6, 6.07) is 0. The lowest BCUT2D eigenvalue weighted by Gasteiger charge is -2.43. The summed E-state index contributed by atoms with van der Waals surface area (Å²) in [6.07, 6.45) is 27.9. The van der Waals surface area contributed by atoms with Gasteiger partial charge in [0, 0.05) is 12.8 Å². The van der Waals surface area contributed by atoms with Gasteiger partial charge in [0.05, 0.1) is 6.61 Å². The van der Waals surface area contributed by atoms with E-state index in [1.54, 1.807) is 0 Å². The minimum Gasteiger partial charge on any atom is -0.462 e. The fourth-order valence-electron chi connectivity index (χ4n) is 7.14. The van der Waals surface area contributed by atoms with Gasteiger partial charge in [0.15, 0.2) is 6.10 Å². The Bertz CT molecular complexity index is 1470. The van der Waals surface area contributed by atoms with Gasteiger partial charge < -0.3 is 63.0 Å². The molecular weight excluding hydrogens is 924 g/mol. The molecule has 0 saturated heterocycles. The second kappa shape index (κ2) is 43.6. The second-order valence-corrected chi connectivity index (χ2v) is 19.4. The molecular formula is C47H93N3O16P2. The molecule has 0 bridgehead atoms. The Morgan fingerprint density at radius 1 is 0.485 bits per heavy atom.